The number of benzene rings is 2. The fourth-order valence-electron chi connectivity index (χ4n) is 2.44. The molecule has 0 saturated carbocycles. The lowest BCUT2D eigenvalue weighted by molar-refractivity contribution is -0.115. The lowest BCUT2D eigenvalue weighted by Crippen LogP contribution is -2.26. The summed E-state index contributed by atoms with van der Waals surface area (Å²) in [5.41, 5.74) is 2.38. The fraction of sp³-hybridized carbons (Fsp3) is 0.188. The van der Waals surface area contributed by atoms with E-state index in [4.69, 9.17) is 11.6 Å². The molecule has 3 rings (SSSR count). The quantitative estimate of drug-likeness (QED) is 0.869. The van der Waals surface area contributed by atoms with Crippen molar-refractivity contribution in [3.63, 3.8) is 0 Å². The number of anilines is 1. The molecule has 1 aliphatic rings. The highest BCUT2D eigenvalue weighted by Gasteiger charge is 2.21. The number of sulfonamides is 1. The van der Waals surface area contributed by atoms with Crippen molar-refractivity contribution in [1.29, 1.82) is 0 Å². The second kappa shape index (κ2) is 6.31. The molecule has 1 amide bonds. The molecule has 2 N–H and O–H groups in total. The zero-order chi connectivity index (χ0) is 16.4. The van der Waals surface area contributed by atoms with Crippen molar-refractivity contribution in [2.45, 2.75) is 17.7 Å². The zero-order valence-corrected chi connectivity index (χ0v) is 13.7. The first-order valence-electron chi connectivity index (χ1n) is 7.11. The van der Waals surface area contributed by atoms with Crippen LogP contribution in [0.2, 0.25) is 5.02 Å². The second-order valence-electron chi connectivity index (χ2n) is 5.32. The van der Waals surface area contributed by atoms with Gasteiger partial charge in [0.05, 0.1) is 11.3 Å². The number of carbonyl (C=O) groups excluding carboxylic acids is 1. The van der Waals surface area contributed by atoms with Gasteiger partial charge < -0.3 is 5.32 Å². The van der Waals surface area contributed by atoms with Gasteiger partial charge in [0, 0.05) is 17.3 Å². The van der Waals surface area contributed by atoms with Gasteiger partial charge in [0.15, 0.2) is 0 Å². The van der Waals surface area contributed by atoms with Crippen LogP contribution in [0.1, 0.15) is 11.1 Å². The molecular weight excluding hydrogens is 336 g/mol. The van der Waals surface area contributed by atoms with E-state index in [9.17, 15) is 13.2 Å². The Bertz CT molecular complexity index is 848. The van der Waals surface area contributed by atoms with Gasteiger partial charge in [0.1, 0.15) is 0 Å². The highest BCUT2D eigenvalue weighted by molar-refractivity contribution is 7.89. The van der Waals surface area contributed by atoms with Crippen LogP contribution in [0.3, 0.4) is 0 Å². The maximum absolute atomic E-state index is 12.3. The molecule has 2 aromatic carbocycles. The summed E-state index contributed by atoms with van der Waals surface area (Å²) in [6, 6.07) is 11.9. The molecule has 7 heteroatoms. The number of amides is 1. The van der Waals surface area contributed by atoms with E-state index in [-0.39, 0.29) is 23.8 Å². The van der Waals surface area contributed by atoms with Gasteiger partial charge in [-0.3, -0.25) is 4.79 Å². The van der Waals surface area contributed by atoms with Gasteiger partial charge in [0.25, 0.3) is 0 Å². The Balaban J connectivity index is 1.66. The topological polar surface area (TPSA) is 75.3 Å². The first-order valence-corrected chi connectivity index (χ1v) is 8.97. The van der Waals surface area contributed by atoms with Crippen LogP contribution in [0, 0.1) is 0 Å². The molecule has 23 heavy (non-hydrogen) atoms. The summed E-state index contributed by atoms with van der Waals surface area (Å²) in [5.74, 6) is -0.120. The smallest absolute Gasteiger partial charge is 0.240 e. The molecule has 0 aromatic heterocycles. The van der Waals surface area contributed by atoms with E-state index < -0.39 is 10.0 Å². The minimum absolute atomic E-state index is 0.120. The third-order valence-corrected chi connectivity index (χ3v) is 5.34. The zero-order valence-electron chi connectivity index (χ0n) is 12.2. The molecule has 0 atom stereocenters. The van der Waals surface area contributed by atoms with Crippen molar-refractivity contribution in [2.75, 3.05) is 11.9 Å². The predicted molar refractivity (Wildman–Crippen MR) is 89.1 cm³/mol. The van der Waals surface area contributed by atoms with E-state index in [0.29, 0.717) is 22.7 Å². The Morgan fingerprint density at radius 1 is 1.13 bits per heavy atom. The van der Waals surface area contributed by atoms with Crippen LogP contribution in [0.5, 0.6) is 0 Å². The number of hydrogen-bond acceptors (Lipinski definition) is 3. The predicted octanol–water partition coefficient (Wildman–Crippen LogP) is 2.36. The lowest BCUT2D eigenvalue weighted by atomic mass is 10.2. The summed E-state index contributed by atoms with van der Waals surface area (Å²) in [6.07, 6.45) is 0.783. The summed E-state index contributed by atoms with van der Waals surface area (Å²) in [6.45, 7) is 0.290. The number of rotatable bonds is 5. The summed E-state index contributed by atoms with van der Waals surface area (Å²) >= 11 is 5.81. The van der Waals surface area contributed by atoms with E-state index in [2.05, 4.69) is 10.0 Å². The Morgan fingerprint density at radius 3 is 2.61 bits per heavy atom. The number of carbonyl (C=O) groups is 1. The Hall–Kier alpha value is -1.89. The highest BCUT2D eigenvalue weighted by atomic mass is 35.5. The summed E-state index contributed by atoms with van der Waals surface area (Å²) < 4.78 is 27.2. The Morgan fingerprint density at radius 2 is 1.87 bits per heavy atom. The Labute approximate surface area is 139 Å². The maximum Gasteiger partial charge on any atom is 0.240 e. The van der Waals surface area contributed by atoms with Gasteiger partial charge in [-0.2, -0.15) is 0 Å². The normalized spacial score (nSPS) is 13.7. The monoisotopic (exact) mass is 350 g/mol. The summed E-state index contributed by atoms with van der Waals surface area (Å²) in [5, 5.41) is 3.33. The van der Waals surface area contributed by atoms with Gasteiger partial charge in [-0.05, 0) is 47.9 Å². The average Bonchev–Trinajstić information content (AvgIpc) is 2.88. The first-order chi connectivity index (χ1) is 10.9. The van der Waals surface area contributed by atoms with Crippen molar-refractivity contribution in [3.05, 3.63) is 58.6 Å². The number of nitrogens with one attached hydrogen (secondary N) is 2. The third kappa shape index (κ3) is 3.72. The molecule has 1 heterocycles. The van der Waals surface area contributed by atoms with Gasteiger partial charge >= 0.3 is 0 Å². The van der Waals surface area contributed by atoms with Gasteiger partial charge in [-0.1, -0.05) is 23.7 Å². The second-order valence-corrected chi connectivity index (χ2v) is 7.52. The van der Waals surface area contributed by atoms with Crippen LogP contribution in [-0.2, 0) is 27.7 Å². The van der Waals surface area contributed by atoms with Crippen molar-refractivity contribution in [1.82, 2.24) is 4.72 Å². The number of halogens is 1. The lowest BCUT2D eigenvalue weighted by Gasteiger charge is -2.08. The largest absolute Gasteiger partial charge is 0.326 e. The summed E-state index contributed by atoms with van der Waals surface area (Å²) in [4.78, 5) is 11.5. The SMILES string of the molecule is O=C1Cc2cc(S(=O)(=O)NCCc3ccc(Cl)cc3)ccc2N1. The van der Waals surface area contributed by atoms with Crippen LogP contribution >= 0.6 is 11.6 Å². The van der Waals surface area contributed by atoms with Crippen LogP contribution < -0.4 is 10.0 Å². The fourth-order valence-corrected chi connectivity index (χ4v) is 3.65. The van der Waals surface area contributed by atoms with Crippen LogP contribution in [0.4, 0.5) is 5.69 Å². The molecule has 0 radical (unpaired) electrons. The molecule has 0 aliphatic carbocycles. The first kappa shape index (κ1) is 16.0. The summed E-state index contributed by atoms with van der Waals surface area (Å²) in [7, 11) is -3.59. The molecule has 0 unspecified atom stereocenters. The van der Waals surface area contributed by atoms with Crippen LogP contribution in [0.25, 0.3) is 0 Å². The number of hydrogen-bond donors (Lipinski definition) is 2. The van der Waals surface area contributed by atoms with Gasteiger partial charge in [-0.25, -0.2) is 13.1 Å². The molecule has 0 fully saturated rings. The van der Waals surface area contributed by atoms with Gasteiger partial charge in [-0.15, -0.1) is 0 Å². The molecule has 0 bridgehead atoms. The molecular formula is C16H15ClN2O3S. The third-order valence-electron chi connectivity index (χ3n) is 3.63. The standard InChI is InChI=1S/C16H15ClN2O3S/c17-13-3-1-11(2-4-13)7-8-18-23(21,22)14-5-6-15-12(9-14)10-16(20)19-15/h1-6,9,18H,7-8,10H2,(H,19,20). The van der Waals surface area contributed by atoms with E-state index in [0.717, 1.165) is 5.56 Å². The van der Waals surface area contributed by atoms with E-state index in [1.807, 2.05) is 12.1 Å². The van der Waals surface area contributed by atoms with E-state index >= 15 is 0 Å². The number of fused-ring (bicyclic) bond motifs is 1. The van der Waals surface area contributed by atoms with Crippen molar-refractivity contribution < 1.29 is 13.2 Å². The molecule has 5 nitrogen and oxygen atoms in total. The average molecular weight is 351 g/mol. The van der Waals surface area contributed by atoms with Crippen molar-refractivity contribution >= 4 is 33.2 Å². The Kier molecular flexibility index (Phi) is 4.39. The maximum atomic E-state index is 12.3. The molecule has 0 saturated heterocycles. The highest BCUT2D eigenvalue weighted by Crippen LogP contribution is 2.25. The van der Waals surface area contributed by atoms with Gasteiger partial charge in [0.2, 0.25) is 15.9 Å². The molecule has 0 spiro atoms. The minimum atomic E-state index is -3.59. The van der Waals surface area contributed by atoms with Crippen molar-refractivity contribution in [2.24, 2.45) is 0 Å². The minimum Gasteiger partial charge on any atom is -0.326 e. The van der Waals surface area contributed by atoms with Crippen LogP contribution in [-0.4, -0.2) is 20.9 Å². The van der Waals surface area contributed by atoms with E-state index in [1.165, 1.54) is 12.1 Å². The molecule has 1 aliphatic heterocycles. The van der Waals surface area contributed by atoms with E-state index in [1.54, 1.807) is 18.2 Å². The molecule has 120 valence electrons. The molecule has 2 aromatic rings. The van der Waals surface area contributed by atoms with Crippen LogP contribution in [0.15, 0.2) is 47.4 Å². The van der Waals surface area contributed by atoms with Crippen molar-refractivity contribution in [3.8, 4) is 0 Å².